The first-order valence-electron chi connectivity index (χ1n) is 8.96. The summed E-state index contributed by atoms with van der Waals surface area (Å²) in [7, 11) is 1.60. The Morgan fingerprint density at radius 1 is 1.17 bits per heavy atom. The minimum absolute atomic E-state index is 0.314. The van der Waals surface area contributed by atoms with Gasteiger partial charge in [-0.3, -0.25) is 9.59 Å². The summed E-state index contributed by atoms with van der Waals surface area (Å²) in [4.78, 5) is 25.9. The monoisotopic (exact) mass is 432 g/mol. The molecule has 0 atom stereocenters. The number of halogens is 1. The molecule has 2 aromatic carbocycles. The highest BCUT2D eigenvalue weighted by molar-refractivity contribution is 8.04. The number of nitrogens with one attached hydrogen (secondary N) is 2. The number of amides is 2. The van der Waals surface area contributed by atoms with E-state index in [-0.39, 0.29) is 11.8 Å². The van der Waals surface area contributed by atoms with Crippen LogP contribution in [0.4, 0.5) is 5.69 Å². The van der Waals surface area contributed by atoms with E-state index in [1.807, 2.05) is 24.3 Å². The van der Waals surface area contributed by atoms with Crippen molar-refractivity contribution in [3.8, 4) is 5.75 Å². The van der Waals surface area contributed by atoms with E-state index in [9.17, 15) is 9.59 Å². The summed E-state index contributed by atoms with van der Waals surface area (Å²) in [6, 6.07) is 12.2. The Labute approximate surface area is 178 Å². The summed E-state index contributed by atoms with van der Waals surface area (Å²) < 4.78 is 10.6. The van der Waals surface area contributed by atoms with Gasteiger partial charge in [0.15, 0.2) is 0 Å². The molecule has 2 amide bonds. The van der Waals surface area contributed by atoms with Gasteiger partial charge in [-0.15, -0.1) is 11.8 Å². The van der Waals surface area contributed by atoms with Crippen LogP contribution in [0, 0.1) is 0 Å². The van der Waals surface area contributed by atoms with Crippen LogP contribution in [0.25, 0.3) is 0 Å². The van der Waals surface area contributed by atoms with Gasteiger partial charge in [-0.1, -0.05) is 23.7 Å². The molecular formula is C21H21ClN2O4S. The third-order valence-corrected chi connectivity index (χ3v) is 5.63. The van der Waals surface area contributed by atoms with E-state index in [2.05, 4.69) is 10.6 Å². The molecule has 152 valence electrons. The lowest BCUT2D eigenvalue weighted by Crippen LogP contribution is -2.25. The van der Waals surface area contributed by atoms with E-state index in [0.717, 1.165) is 11.3 Å². The molecule has 6 nitrogen and oxygen atoms in total. The third-order valence-electron chi connectivity index (χ3n) is 4.26. The number of carbonyl (C=O) groups excluding carboxylic acids is 2. The molecule has 29 heavy (non-hydrogen) atoms. The number of hydrogen-bond acceptors (Lipinski definition) is 5. The Bertz CT molecular complexity index is 944. The Kier molecular flexibility index (Phi) is 7.06. The number of ether oxygens (including phenoxy) is 2. The summed E-state index contributed by atoms with van der Waals surface area (Å²) in [5.74, 6) is 1.39. The molecule has 0 fully saturated rings. The second kappa shape index (κ2) is 9.71. The minimum atomic E-state index is -0.321. The molecule has 2 aromatic rings. The van der Waals surface area contributed by atoms with Crippen LogP contribution in [0.15, 0.2) is 53.1 Å². The highest BCUT2D eigenvalue weighted by Crippen LogP contribution is 2.28. The standard InChI is InChI=1S/C21H21ClN2O4S/c1-13-19(29-10-9-28-13)21(26)24-18-11-15(22)5-8-17(18)20(25)23-12-14-3-6-16(27-2)7-4-14/h3-8,11H,9-10,12H2,1-2H3,(H,23,25)(H,24,26). The van der Waals surface area contributed by atoms with E-state index < -0.39 is 0 Å². The van der Waals surface area contributed by atoms with E-state index in [1.165, 1.54) is 11.8 Å². The van der Waals surface area contributed by atoms with E-state index >= 15 is 0 Å². The molecule has 1 aliphatic heterocycles. The Morgan fingerprint density at radius 2 is 1.93 bits per heavy atom. The first kappa shape index (κ1) is 21.1. The zero-order chi connectivity index (χ0) is 20.8. The minimum Gasteiger partial charge on any atom is -0.497 e. The number of allylic oxidation sites excluding steroid dienone is 1. The molecule has 8 heteroatoms. The van der Waals surface area contributed by atoms with Crippen molar-refractivity contribution < 1.29 is 19.1 Å². The van der Waals surface area contributed by atoms with Crippen molar-refractivity contribution in [2.24, 2.45) is 0 Å². The number of anilines is 1. The van der Waals surface area contributed by atoms with Gasteiger partial charge in [-0.2, -0.15) is 0 Å². The van der Waals surface area contributed by atoms with Crippen LogP contribution in [0.5, 0.6) is 5.75 Å². The number of rotatable bonds is 6. The lowest BCUT2D eigenvalue weighted by Gasteiger charge is -2.18. The largest absolute Gasteiger partial charge is 0.497 e. The molecule has 0 aliphatic carbocycles. The fraction of sp³-hybridized carbons (Fsp3) is 0.238. The summed E-state index contributed by atoms with van der Waals surface area (Å²) in [6.45, 7) is 2.66. The van der Waals surface area contributed by atoms with Gasteiger partial charge in [0.05, 0.1) is 25.0 Å². The van der Waals surface area contributed by atoms with Crippen LogP contribution in [-0.4, -0.2) is 31.3 Å². The van der Waals surface area contributed by atoms with Crippen molar-refractivity contribution in [3.63, 3.8) is 0 Å². The van der Waals surface area contributed by atoms with Crippen LogP contribution >= 0.6 is 23.4 Å². The van der Waals surface area contributed by atoms with E-state index in [0.29, 0.717) is 45.8 Å². The average Bonchev–Trinajstić information content (AvgIpc) is 2.72. The quantitative estimate of drug-likeness (QED) is 0.715. The Hall–Kier alpha value is -2.64. The predicted molar refractivity (Wildman–Crippen MR) is 115 cm³/mol. The molecule has 3 rings (SSSR count). The summed E-state index contributed by atoms with van der Waals surface area (Å²) in [5, 5.41) is 6.07. The van der Waals surface area contributed by atoms with Crippen molar-refractivity contribution in [1.29, 1.82) is 0 Å². The van der Waals surface area contributed by atoms with Crippen molar-refractivity contribution in [2.45, 2.75) is 13.5 Å². The number of benzene rings is 2. The van der Waals surface area contributed by atoms with Crippen molar-refractivity contribution in [3.05, 3.63) is 69.3 Å². The van der Waals surface area contributed by atoms with Gasteiger partial charge in [0, 0.05) is 17.3 Å². The van der Waals surface area contributed by atoms with Crippen molar-refractivity contribution >= 4 is 40.9 Å². The van der Waals surface area contributed by atoms with Crippen LogP contribution in [0.1, 0.15) is 22.8 Å². The van der Waals surface area contributed by atoms with Gasteiger partial charge >= 0.3 is 0 Å². The molecule has 0 saturated heterocycles. The Morgan fingerprint density at radius 3 is 2.62 bits per heavy atom. The van der Waals surface area contributed by atoms with Gasteiger partial charge in [0.25, 0.3) is 11.8 Å². The lowest BCUT2D eigenvalue weighted by atomic mass is 10.1. The lowest BCUT2D eigenvalue weighted by molar-refractivity contribution is -0.112. The topological polar surface area (TPSA) is 76.7 Å². The molecule has 0 radical (unpaired) electrons. The second-order valence-corrected chi connectivity index (χ2v) is 7.80. The highest BCUT2D eigenvalue weighted by atomic mass is 35.5. The summed E-state index contributed by atoms with van der Waals surface area (Å²) >= 11 is 7.51. The predicted octanol–water partition coefficient (Wildman–Crippen LogP) is 4.21. The Balaban J connectivity index is 1.73. The molecule has 2 N–H and O–H groups in total. The number of carbonyl (C=O) groups is 2. The summed E-state index contributed by atoms with van der Waals surface area (Å²) in [5.41, 5.74) is 1.60. The maximum Gasteiger partial charge on any atom is 0.265 e. The second-order valence-electron chi connectivity index (χ2n) is 6.26. The molecule has 1 heterocycles. The molecular weight excluding hydrogens is 412 g/mol. The molecule has 0 saturated carbocycles. The SMILES string of the molecule is COc1ccc(CNC(=O)c2ccc(Cl)cc2NC(=O)C2=C(C)OCCS2)cc1. The normalized spacial score (nSPS) is 13.5. The van der Waals surface area contributed by atoms with Crippen LogP contribution in [0.3, 0.4) is 0 Å². The third kappa shape index (κ3) is 5.46. The highest BCUT2D eigenvalue weighted by Gasteiger charge is 2.21. The van der Waals surface area contributed by atoms with Crippen molar-refractivity contribution in [1.82, 2.24) is 5.32 Å². The maximum atomic E-state index is 12.7. The molecule has 0 unspecified atom stereocenters. The van der Waals surface area contributed by atoms with E-state index in [4.69, 9.17) is 21.1 Å². The molecule has 0 spiro atoms. The fourth-order valence-corrected chi connectivity index (χ4v) is 3.74. The number of hydrogen-bond donors (Lipinski definition) is 2. The van der Waals surface area contributed by atoms with Gasteiger partial charge in [0.2, 0.25) is 0 Å². The first-order valence-corrected chi connectivity index (χ1v) is 10.3. The van der Waals surface area contributed by atoms with Crippen molar-refractivity contribution in [2.75, 3.05) is 24.8 Å². The smallest absolute Gasteiger partial charge is 0.265 e. The fourth-order valence-electron chi connectivity index (χ4n) is 2.75. The first-order chi connectivity index (χ1) is 14.0. The zero-order valence-corrected chi connectivity index (χ0v) is 17.7. The average molecular weight is 433 g/mol. The molecule has 0 bridgehead atoms. The van der Waals surface area contributed by atoms with Crippen LogP contribution in [-0.2, 0) is 16.1 Å². The van der Waals surface area contributed by atoms with Crippen LogP contribution < -0.4 is 15.4 Å². The van der Waals surface area contributed by atoms with Gasteiger partial charge in [-0.05, 0) is 42.8 Å². The maximum absolute atomic E-state index is 12.7. The zero-order valence-electron chi connectivity index (χ0n) is 16.1. The van der Waals surface area contributed by atoms with E-state index in [1.54, 1.807) is 32.2 Å². The summed E-state index contributed by atoms with van der Waals surface area (Å²) in [6.07, 6.45) is 0. The molecule has 1 aliphatic rings. The van der Waals surface area contributed by atoms with Gasteiger partial charge in [0.1, 0.15) is 16.4 Å². The van der Waals surface area contributed by atoms with Crippen LogP contribution in [0.2, 0.25) is 5.02 Å². The molecule has 0 aromatic heterocycles. The number of methoxy groups -OCH3 is 1. The van der Waals surface area contributed by atoms with Gasteiger partial charge in [-0.25, -0.2) is 0 Å². The number of thioether (sulfide) groups is 1. The van der Waals surface area contributed by atoms with Gasteiger partial charge < -0.3 is 20.1 Å².